The van der Waals surface area contributed by atoms with E-state index in [4.69, 9.17) is 4.74 Å². The fourth-order valence-corrected chi connectivity index (χ4v) is 1.06. The molecule has 0 aliphatic rings. The number of amides is 1. The van der Waals surface area contributed by atoms with Crippen LogP contribution in [0.1, 0.15) is 17.5 Å². The lowest BCUT2D eigenvalue weighted by Crippen LogP contribution is -2.34. The quantitative estimate of drug-likeness (QED) is 0.718. The van der Waals surface area contributed by atoms with Gasteiger partial charge in [-0.25, -0.2) is 4.98 Å². The molecule has 6 nitrogen and oxygen atoms in total. The largest absolute Gasteiger partial charge is 0.383 e. The third-order valence-corrected chi connectivity index (χ3v) is 1.85. The first-order chi connectivity index (χ1) is 6.79. The van der Waals surface area contributed by atoms with Gasteiger partial charge in [0.25, 0.3) is 5.91 Å². The maximum Gasteiger partial charge on any atom is 0.291 e. The lowest BCUT2D eigenvalue weighted by molar-refractivity contribution is 0.0695. The fraction of sp³-hybridized carbons (Fsp3) is 0.625. The van der Waals surface area contributed by atoms with Crippen LogP contribution in [0, 0.1) is 0 Å². The molecule has 0 spiro atoms. The molecule has 78 valence electrons. The van der Waals surface area contributed by atoms with Crippen LogP contribution < -0.4 is 0 Å². The number of hydrogen-bond donors (Lipinski definition) is 1. The highest BCUT2D eigenvalue weighted by molar-refractivity contribution is 5.90. The summed E-state index contributed by atoms with van der Waals surface area (Å²) in [5.41, 5.74) is 0. The standard InChI is InChI=1S/C8H14N4O2/c1-3-12(4-5-14-2)8(13)7-9-6-10-11-7/h6H,3-5H2,1-2H3,(H,9,10,11). The second-order valence-corrected chi connectivity index (χ2v) is 2.71. The second kappa shape index (κ2) is 5.33. The zero-order valence-electron chi connectivity index (χ0n) is 8.36. The van der Waals surface area contributed by atoms with Gasteiger partial charge in [-0.2, -0.15) is 5.10 Å². The first-order valence-corrected chi connectivity index (χ1v) is 4.43. The number of H-pyrrole nitrogens is 1. The van der Waals surface area contributed by atoms with E-state index in [1.54, 1.807) is 12.0 Å². The zero-order valence-corrected chi connectivity index (χ0v) is 8.36. The summed E-state index contributed by atoms with van der Waals surface area (Å²) in [4.78, 5) is 17.1. The number of nitrogens with zero attached hydrogens (tertiary/aromatic N) is 3. The number of hydrogen-bond acceptors (Lipinski definition) is 4. The van der Waals surface area contributed by atoms with E-state index in [1.165, 1.54) is 6.33 Å². The van der Waals surface area contributed by atoms with E-state index in [1.807, 2.05) is 6.92 Å². The van der Waals surface area contributed by atoms with Crippen molar-refractivity contribution in [2.75, 3.05) is 26.8 Å². The topological polar surface area (TPSA) is 71.1 Å². The van der Waals surface area contributed by atoms with Gasteiger partial charge in [0.1, 0.15) is 6.33 Å². The summed E-state index contributed by atoms with van der Waals surface area (Å²) < 4.78 is 4.90. The minimum atomic E-state index is -0.151. The summed E-state index contributed by atoms with van der Waals surface area (Å²) in [5, 5.41) is 6.16. The van der Waals surface area contributed by atoms with Crippen LogP contribution in [0.4, 0.5) is 0 Å². The van der Waals surface area contributed by atoms with Crippen molar-refractivity contribution in [3.63, 3.8) is 0 Å². The summed E-state index contributed by atoms with van der Waals surface area (Å²) in [6.07, 6.45) is 1.32. The highest BCUT2D eigenvalue weighted by Gasteiger charge is 2.15. The highest BCUT2D eigenvalue weighted by Crippen LogP contribution is 1.96. The van der Waals surface area contributed by atoms with E-state index >= 15 is 0 Å². The number of ether oxygens (including phenoxy) is 1. The summed E-state index contributed by atoms with van der Waals surface area (Å²) in [5.74, 6) is 0.116. The van der Waals surface area contributed by atoms with Crippen molar-refractivity contribution in [2.45, 2.75) is 6.92 Å². The maximum atomic E-state index is 11.7. The van der Waals surface area contributed by atoms with E-state index in [0.717, 1.165) is 0 Å². The van der Waals surface area contributed by atoms with Crippen LogP contribution in [0.15, 0.2) is 6.33 Å². The smallest absolute Gasteiger partial charge is 0.291 e. The van der Waals surface area contributed by atoms with Crippen molar-refractivity contribution in [1.29, 1.82) is 0 Å². The predicted octanol–water partition coefficient (Wildman–Crippen LogP) is -0.0868. The van der Waals surface area contributed by atoms with Gasteiger partial charge < -0.3 is 9.64 Å². The van der Waals surface area contributed by atoms with Gasteiger partial charge in [-0.05, 0) is 6.92 Å². The summed E-state index contributed by atoms with van der Waals surface area (Å²) >= 11 is 0. The normalized spacial score (nSPS) is 10.1. The van der Waals surface area contributed by atoms with Crippen LogP contribution in [0.25, 0.3) is 0 Å². The van der Waals surface area contributed by atoms with Gasteiger partial charge in [0, 0.05) is 20.2 Å². The molecule has 1 amide bonds. The van der Waals surface area contributed by atoms with E-state index in [2.05, 4.69) is 15.2 Å². The minimum absolute atomic E-state index is 0.151. The van der Waals surface area contributed by atoms with Crippen LogP contribution in [0.3, 0.4) is 0 Å². The van der Waals surface area contributed by atoms with E-state index < -0.39 is 0 Å². The molecule has 1 N–H and O–H groups in total. The highest BCUT2D eigenvalue weighted by atomic mass is 16.5. The van der Waals surface area contributed by atoms with Gasteiger partial charge in [-0.3, -0.25) is 9.89 Å². The number of nitrogens with one attached hydrogen (secondary N) is 1. The molecule has 1 aromatic rings. The Morgan fingerprint density at radius 1 is 1.71 bits per heavy atom. The van der Waals surface area contributed by atoms with Crippen LogP contribution in [-0.4, -0.2) is 52.8 Å². The number of carbonyl (C=O) groups is 1. The molecule has 0 unspecified atom stereocenters. The lowest BCUT2D eigenvalue weighted by Gasteiger charge is -2.18. The molecule has 0 radical (unpaired) electrons. The van der Waals surface area contributed by atoms with Crippen molar-refractivity contribution in [2.24, 2.45) is 0 Å². The first-order valence-electron chi connectivity index (χ1n) is 4.43. The molecule has 0 bridgehead atoms. The zero-order chi connectivity index (χ0) is 10.4. The average Bonchev–Trinajstić information content (AvgIpc) is 2.71. The van der Waals surface area contributed by atoms with E-state index in [0.29, 0.717) is 19.7 Å². The van der Waals surface area contributed by atoms with Crippen LogP contribution in [0.5, 0.6) is 0 Å². The predicted molar refractivity (Wildman–Crippen MR) is 49.8 cm³/mol. The van der Waals surface area contributed by atoms with Crippen LogP contribution in [0.2, 0.25) is 0 Å². The molecular formula is C8H14N4O2. The molecule has 0 atom stereocenters. The van der Waals surface area contributed by atoms with Crippen molar-refractivity contribution in [1.82, 2.24) is 20.1 Å². The van der Waals surface area contributed by atoms with Crippen molar-refractivity contribution in [3.8, 4) is 0 Å². The number of carbonyl (C=O) groups excluding carboxylic acids is 1. The van der Waals surface area contributed by atoms with Crippen molar-refractivity contribution in [3.05, 3.63) is 12.2 Å². The van der Waals surface area contributed by atoms with Gasteiger partial charge in [0.05, 0.1) is 6.61 Å². The minimum Gasteiger partial charge on any atom is -0.383 e. The van der Waals surface area contributed by atoms with Gasteiger partial charge in [0.2, 0.25) is 5.82 Å². The van der Waals surface area contributed by atoms with Gasteiger partial charge in [-0.15, -0.1) is 0 Å². The molecular weight excluding hydrogens is 184 g/mol. The average molecular weight is 198 g/mol. The van der Waals surface area contributed by atoms with Crippen LogP contribution in [-0.2, 0) is 4.74 Å². The van der Waals surface area contributed by atoms with Gasteiger partial charge >= 0.3 is 0 Å². The maximum absolute atomic E-state index is 11.7. The number of methoxy groups -OCH3 is 1. The number of aromatic nitrogens is 3. The molecule has 14 heavy (non-hydrogen) atoms. The molecule has 0 saturated heterocycles. The summed E-state index contributed by atoms with van der Waals surface area (Å²) in [6, 6.07) is 0. The Labute approximate surface area is 82.3 Å². The summed E-state index contributed by atoms with van der Waals surface area (Å²) in [7, 11) is 1.60. The Balaban J connectivity index is 2.56. The molecule has 1 heterocycles. The molecule has 1 rings (SSSR count). The molecule has 0 fully saturated rings. The van der Waals surface area contributed by atoms with Gasteiger partial charge in [-0.1, -0.05) is 0 Å². The Bertz CT molecular complexity index is 273. The number of rotatable bonds is 5. The third-order valence-electron chi connectivity index (χ3n) is 1.85. The Hall–Kier alpha value is -1.43. The van der Waals surface area contributed by atoms with Crippen molar-refractivity contribution >= 4 is 5.91 Å². The SMILES string of the molecule is CCN(CCOC)C(=O)c1ncn[nH]1. The van der Waals surface area contributed by atoms with Crippen LogP contribution >= 0.6 is 0 Å². The summed E-state index contributed by atoms with van der Waals surface area (Å²) in [6.45, 7) is 3.62. The third kappa shape index (κ3) is 2.53. The van der Waals surface area contributed by atoms with Gasteiger partial charge in [0.15, 0.2) is 0 Å². The Morgan fingerprint density at radius 2 is 2.50 bits per heavy atom. The Kier molecular flexibility index (Phi) is 4.06. The molecule has 0 aliphatic heterocycles. The first kappa shape index (κ1) is 10.6. The Morgan fingerprint density at radius 3 is 3.00 bits per heavy atom. The molecule has 0 aliphatic carbocycles. The number of aromatic amines is 1. The monoisotopic (exact) mass is 198 g/mol. The van der Waals surface area contributed by atoms with Crippen molar-refractivity contribution < 1.29 is 9.53 Å². The molecule has 1 aromatic heterocycles. The molecule has 0 aromatic carbocycles. The second-order valence-electron chi connectivity index (χ2n) is 2.71. The molecule has 6 heteroatoms. The van der Waals surface area contributed by atoms with E-state index in [9.17, 15) is 4.79 Å². The fourth-order valence-electron chi connectivity index (χ4n) is 1.06. The van der Waals surface area contributed by atoms with E-state index in [-0.39, 0.29) is 11.7 Å². The molecule has 0 saturated carbocycles. The lowest BCUT2D eigenvalue weighted by atomic mass is 10.4. The number of likely N-dealkylation sites (N-methyl/N-ethyl adjacent to an activating group) is 1.